The van der Waals surface area contributed by atoms with E-state index in [9.17, 15) is 18.0 Å². The Hall–Kier alpha value is -2.31. The highest BCUT2D eigenvalue weighted by atomic mass is 19.4. The van der Waals surface area contributed by atoms with E-state index in [1.807, 2.05) is 0 Å². The molecule has 1 aliphatic rings. The zero-order valence-corrected chi connectivity index (χ0v) is 15.3. The largest absolute Gasteiger partial charge is 0.416 e. The Labute approximate surface area is 156 Å². The normalized spacial score (nSPS) is 17.9. The summed E-state index contributed by atoms with van der Waals surface area (Å²) >= 11 is 0. The summed E-state index contributed by atoms with van der Waals surface area (Å²) in [5.41, 5.74) is 0.498. The number of carbonyl (C=O) groups is 1. The monoisotopic (exact) mass is 380 g/mol. The van der Waals surface area contributed by atoms with Crippen LogP contribution in [0.3, 0.4) is 0 Å². The molecule has 0 radical (unpaired) electrons. The number of hydrogen-bond acceptors (Lipinski definition) is 3. The molecule has 1 saturated heterocycles. The van der Waals surface area contributed by atoms with E-state index in [1.165, 1.54) is 6.07 Å². The summed E-state index contributed by atoms with van der Waals surface area (Å²) in [5, 5.41) is 3.78. The van der Waals surface area contributed by atoms with Crippen LogP contribution in [0.4, 0.5) is 13.2 Å². The molecule has 0 bridgehead atoms. The van der Waals surface area contributed by atoms with Gasteiger partial charge in [0.2, 0.25) is 5.91 Å². The van der Waals surface area contributed by atoms with Crippen molar-refractivity contribution in [3.8, 4) is 0 Å². The molecule has 7 heteroatoms. The van der Waals surface area contributed by atoms with Gasteiger partial charge in [0.1, 0.15) is 5.76 Å². The van der Waals surface area contributed by atoms with Crippen LogP contribution in [0.25, 0.3) is 0 Å². The molecule has 1 unspecified atom stereocenters. The van der Waals surface area contributed by atoms with E-state index in [4.69, 9.17) is 4.52 Å². The maximum atomic E-state index is 13.1. The second-order valence-electron chi connectivity index (χ2n) is 7.15. The number of piperidine rings is 1. The van der Waals surface area contributed by atoms with Gasteiger partial charge in [-0.05, 0) is 50.2 Å². The van der Waals surface area contributed by atoms with Crippen molar-refractivity contribution in [3.63, 3.8) is 0 Å². The minimum Gasteiger partial charge on any atom is -0.361 e. The number of benzene rings is 1. The van der Waals surface area contributed by atoms with Crippen molar-refractivity contribution >= 4 is 5.91 Å². The second kappa shape index (κ2) is 8.15. The third kappa shape index (κ3) is 5.11. The lowest BCUT2D eigenvalue weighted by atomic mass is 9.90. The average Bonchev–Trinajstić information content (AvgIpc) is 3.04. The molecule has 3 rings (SSSR count). The fraction of sp³-hybridized carbons (Fsp3) is 0.500. The molecule has 0 saturated carbocycles. The van der Waals surface area contributed by atoms with Crippen LogP contribution < -0.4 is 0 Å². The maximum absolute atomic E-state index is 13.1. The van der Waals surface area contributed by atoms with Gasteiger partial charge in [-0.3, -0.25) is 4.79 Å². The molecule has 1 amide bonds. The van der Waals surface area contributed by atoms with Crippen LogP contribution in [0.1, 0.15) is 41.8 Å². The van der Waals surface area contributed by atoms with Crippen LogP contribution in [0.5, 0.6) is 0 Å². The zero-order valence-electron chi connectivity index (χ0n) is 15.3. The Kier molecular flexibility index (Phi) is 5.87. The predicted molar refractivity (Wildman–Crippen MR) is 94.0 cm³/mol. The number of rotatable bonds is 5. The second-order valence-corrected chi connectivity index (χ2v) is 7.15. The summed E-state index contributed by atoms with van der Waals surface area (Å²) in [4.78, 5) is 14.3. The maximum Gasteiger partial charge on any atom is 0.416 e. The van der Waals surface area contributed by atoms with E-state index in [-0.39, 0.29) is 18.2 Å². The van der Waals surface area contributed by atoms with Crippen molar-refractivity contribution < 1.29 is 22.5 Å². The van der Waals surface area contributed by atoms with Crippen LogP contribution in [0.2, 0.25) is 0 Å². The molecule has 146 valence electrons. The molecule has 0 N–H and O–H groups in total. The Morgan fingerprint density at radius 3 is 2.81 bits per heavy atom. The van der Waals surface area contributed by atoms with Gasteiger partial charge >= 0.3 is 6.18 Å². The number of hydrogen-bond donors (Lipinski definition) is 0. The number of alkyl halides is 3. The molecule has 0 spiro atoms. The molecule has 2 heterocycles. The third-order valence-electron chi connectivity index (χ3n) is 5.02. The van der Waals surface area contributed by atoms with E-state index >= 15 is 0 Å². The van der Waals surface area contributed by atoms with Crippen molar-refractivity contribution in [1.29, 1.82) is 0 Å². The van der Waals surface area contributed by atoms with Crippen molar-refractivity contribution in [2.45, 2.75) is 45.2 Å². The van der Waals surface area contributed by atoms with Crippen LogP contribution in [-0.4, -0.2) is 29.1 Å². The smallest absolute Gasteiger partial charge is 0.361 e. The van der Waals surface area contributed by atoms with Gasteiger partial charge in [0.25, 0.3) is 0 Å². The van der Waals surface area contributed by atoms with E-state index in [2.05, 4.69) is 5.16 Å². The fourth-order valence-corrected chi connectivity index (χ4v) is 3.66. The van der Waals surface area contributed by atoms with E-state index in [0.717, 1.165) is 24.6 Å². The lowest BCUT2D eigenvalue weighted by Crippen LogP contribution is -2.40. The molecular formula is C20H23F3N2O2. The predicted octanol–water partition coefficient (Wildman–Crippen LogP) is 4.42. The summed E-state index contributed by atoms with van der Waals surface area (Å²) in [7, 11) is 0. The van der Waals surface area contributed by atoms with Gasteiger partial charge in [0.15, 0.2) is 0 Å². The van der Waals surface area contributed by atoms with Crippen molar-refractivity contribution in [2.24, 2.45) is 5.92 Å². The first-order valence-electron chi connectivity index (χ1n) is 9.18. The molecule has 27 heavy (non-hydrogen) atoms. The van der Waals surface area contributed by atoms with Crippen LogP contribution >= 0.6 is 0 Å². The van der Waals surface area contributed by atoms with Gasteiger partial charge in [0.05, 0.1) is 17.7 Å². The molecule has 1 atom stereocenters. The Balaban J connectivity index is 1.57. The van der Waals surface area contributed by atoms with E-state index < -0.39 is 11.7 Å². The minimum atomic E-state index is -4.33. The van der Waals surface area contributed by atoms with Crippen LogP contribution in [-0.2, 0) is 23.8 Å². The first-order chi connectivity index (χ1) is 12.8. The highest BCUT2D eigenvalue weighted by Gasteiger charge is 2.33. The quantitative estimate of drug-likeness (QED) is 0.772. The fourth-order valence-electron chi connectivity index (χ4n) is 3.66. The SMILES string of the molecule is Cc1cc(CC(=O)N2CCCC(CCc3ccccc3C(F)(F)F)C2)on1. The molecule has 1 aliphatic heterocycles. The van der Waals surface area contributed by atoms with Crippen LogP contribution in [0, 0.1) is 12.8 Å². The van der Waals surface area contributed by atoms with E-state index in [0.29, 0.717) is 37.3 Å². The number of aromatic nitrogens is 1. The van der Waals surface area contributed by atoms with Crippen molar-refractivity contribution in [2.75, 3.05) is 13.1 Å². The summed E-state index contributed by atoms with van der Waals surface area (Å²) < 4.78 is 44.5. The Morgan fingerprint density at radius 2 is 2.11 bits per heavy atom. The number of aryl methyl sites for hydroxylation is 2. The average molecular weight is 380 g/mol. The van der Waals surface area contributed by atoms with Gasteiger partial charge in [-0.2, -0.15) is 13.2 Å². The molecule has 0 aliphatic carbocycles. The van der Waals surface area contributed by atoms with Crippen molar-refractivity contribution in [3.05, 3.63) is 52.9 Å². The number of halogens is 3. The molecule has 1 aromatic heterocycles. The molecule has 2 aromatic rings. The van der Waals surface area contributed by atoms with Crippen molar-refractivity contribution in [1.82, 2.24) is 10.1 Å². The minimum absolute atomic E-state index is 0.0217. The standard InChI is InChI=1S/C20H23F3N2O2/c1-14-11-17(27-24-14)12-19(26)25-10-4-5-15(13-25)8-9-16-6-2-3-7-18(16)20(21,22)23/h2-3,6-7,11,15H,4-5,8-10,12-13H2,1H3. The molecule has 4 nitrogen and oxygen atoms in total. The third-order valence-corrected chi connectivity index (χ3v) is 5.02. The first kappa shape index (κ1) is 19.5. The summed E-state index contributed by atoms with van der Waals surface area (Å²) in [6, 6.07) is 7.47. The lowest BCUT2D eigenvalue weighted by Gasteiger charge is -2.33. The number of likely N-dealkylation sites (tertiary alicyclic amines) is 1. The summed E-state index contributed by atoms with van der Waals surface area (Å²) in [6.45, 7) is 3.06. The van der Waals surface area contributed by atoms with Gasteiger partial charge < -0.3 is 9.42 Å². The summed E-state index contributed by atoms with van der Waals surface area (Å²) in [5.74, 6) is 0.728. The summed E-state index contributed by atoms with van der Waals surface area (Å²) in [6.07, 6.45) is -1.36. The number of nitrogens with zero attached hydrogens (tertiary/aromatic N) is 2. The van der Waals surface area contributed by atoms with E-state index in [1.54, 1.807) is 30.0 Å². The van der Waals surface area contributed by atoms with Gasteiger partial charge in [-0.15, -0.1) is 0 Å². The highest BCUT2D eigenvalue weighted by molar-refractivity contribution is 5.78. The van der Waals surface area contributed by atoms with Gasteiger partial charge in [0, 0.05) is 19.2 Å². The molecule has 1 fully saturated rings. The van der Waals surface area contributed by atoms with Crippen LogP contribution in [0.15, 0.2) is 34.9 Å². The topological polar surface area (TPSA) is 46.3 Å². The Bertz CT molecular complexity index is 786. The van der Waals surface area contributed by atoms with Gasteiger partial charge in [-0.1, -0.05) is 23.4 Å². The number of carbonyl (C=O) groups excluding carboxylic acids is 1. The number of amides is 1. The molecular weight excluding hydrogens is 357 g/mol. The molecule has 1 aromatic carbocycles. The van der Waals surface area contributed by atoms with Gasteiger partial charge in [-0.25, -0.2) is 0 Å². The lowest BCUT2D eigenvalue weighted by molar-refractivity contribution is -0.138. The Morgan fingerprint density at radius 1 is 1.33 bits per heavy atom. The zero-order chi connectivity index (χ0) is 19.4. The highest BCUT2D eigenvalue weighted by Crippen LogP contribution is 2.33. The first-order valence-corrected chi connectivity index (χ1v) is 9.18.